The largest absolute Gasteiger partial charge is 0.517 e. The number of hydrogen-bond acceptors (Lipinski definition) is 3. The summed E-state index contributed by atoms with van der Waals surface area (Å²) in [6.07, 6.45) is 0. The molecule has 0 aliphatic rings. The van der Waals surface area contributed by atoms with Crippen LogP contribution in [0.2, 0.25) is 0 Å². The first-order valence-electron chi connectivity index (χ1n) is 3.28. The first kappa shape index (κ1) is 11.6. The van der Waals surface area contributed by atoms with E-state index in [4.69, 9.17) is 13.3 Å². The van der Waals surface area contributed by atoms with Crippen molar-refractivity contribution in [3.8, 4) is 0 Å². The summed E-state index contributed by atoms with van der Waals surface area (Å²) in [7, 11) is 2.30. The minimum absolute atomic E-state index is 0.252. The molecule has 3 nitrogen and oxygen atoms in total. The average molecular weight is 243 g/mol. The zero-order valence-electron chi connectivity index (χ0n) is 7.60. The maximum absolute atomic E-state index is 5.25. The molecule has 0 fully saturated rings. The Hall–Kier alpha value is 0.577. The van der Waals surface area contributed by atoms with E-state index in [-0.39, 0.29) is 3.95 Å². The van der Waals surface area contributed by atoms with Crippen LogP contribution in [0.5, 0.6) is 0 Å². The van der Waals surface area contributed by atoms with E-state index >= 15 is 0 Å². The summed E-state index contributed by atoms with van der Waals surface area (Å²) < 4.78 is 15.5. The van der Waals surface area contributed by atoms with E-state index in [1.54, 1.807) is 21.3 Å². The molecule has 0 radical (unpaired) electrons. The Bertz CT molecular complexity index is 111. The third-order valence-electron chi connectivity index (χ3n) is 1.53. The lowest BCUT2D eigenvalue weighted by Gasteiger charge is -2.33. The van der Waals surface area contributed by atoms with Crippen LogP contribution in [0.15, 0.2) is 0 Å². The molecule has 0 unspecified atom stereocenters. The van der Waals surface area contributed by atoms with Crippen molar-refractivity contribution in [2.75, 3.05) is 21.3 Å². The normalized spacial score (nSPS) is 13.6. The van der Waals surface area contributed by atoms with Gasteiger partial charge in [-0.05, 0) is 13.8 Å². The molecule has 11 heavy (non-hydrogen) atoms. The van der Waals surface area contributed by atoms with Gasteiger partial charge in [-0.25, -0.2) is 0 Å². The summed E-state index contributed by atoms with van der Waals surface area (Å²) in [4.78, 5) is 0. The molecule has 0 saturated heterocycles. The quantitative estimate of drug-likeness (QED) is 0.554. The number of hydrogen-bond donors (Lipinski definition) is 0. The van der Waals surface area contributed by atoms with Gasteiger partial charge < -0.3 is 13.3 Å². The van der Waals surface area contributed by atoms with Crippen LogP contribution in [-0.4, -0.2) is 34.1 Å². The molecule has 0 aromatic rings. The first-order valence-corrected chi connectivity index (χ1v) is 5.79. The van der Waals surface area contributed by atoms with Crippen LogP contribution < -0.4 is 0 Å². The lowest BCUT2D eigenvalue weighted by molar-refractivity contribution is 0.113. The van der Waals surface area contributed by atoms with Gasteiger partial charge in [-0.3, -0.25) is 0 Å². The topological polar surface area (TPSA) is 27.7 Å². The molecule has 0 aromatic heterocycles. The van der Waals surface area contributed by atoms with Crippen molar-refractivity contribution in [2.24, 2.45) is 0 Å². The third kappa shape index (κ3) is 2.25. The Balaban J connectivity index is 4.54. The molecule has 0 rings (SSSR count). The minimum Gasteiger partial charge on any atom is -0.376 e. The Morgan fingerprint density at radius 1 is 1.00 bits per heavy atom. The molecule has 0 bridgehead atoms. The van der Waals surface area contributed by atoms with Crippen LogP contribution in [0.1, 0.15) is 13.8 Å². The Labute approximate surface area is 77.5 Å². The highest BCUT2D eigenvalue weighted by Gasteiger charge is 2.52. The van der Waals surface area contributed by atoms with E-state index in [0.29, 0.717) is 0 Å². The maximum Gasteiger partial charge on any atom is 0.517 e. The highest BCUT2D eigenvalue weighted by atomic mass is 79.9. The van der Waals surface area contributed by atoms with Crippen molar-refractivity contribution in [2.45, 2.75) is 17.8 Å². The van der Waals surface area contributed by atoms with E-state index in [1.165, 1.54) is 0 Å². The first-order chi connectivity index (χ1) is 4.93. The lowest BCUT2D eigenvalue weighted by Crippen LogP contribution is -2.57. The SMILES string of the molecule is CO[Si](OC)(OC)C(C)(C)Br. The summed E-state index contributed by atoms with van der Waals surface area (Å²) in [6.45, 7) is 3.94. The summed E-state index contributed by atoms with van der Waals surface area (Å²) >= 11 is 3.47. The van der Waals surface area contributed by atoms with Gasteiger partial charge in [0, 0.05) is 21.3 Å². The van der Waals surface area contributed by atoms with Gasteiger partial charge in [0.25, 0.3) is 0 Å². The molecule has 0 saturated carbocycles. The van der Waals surface area contributed by atoms with E-state index in [9.17, 15) is 0 Å². The van der Waals surface area contributed by atoms with E-state index < -0.39 is 8.80 Å². The molecule has 5 heteroatoms. The van der Waals surface area contributed by atoms with Gasteiger partial charge in [-0.1, -0.05) is 15.9 Å². The Morgan fingerprint density at radius 2 is 1.27 bits per heavy atom. The second-order valence-corrected chi connectivity index (χ2v) is 8.94. The standard InChI is InChI=1S/C6H15BrO3Si/c1-6(2,7)11(8-3,9-4)10-5/h1-5H3. The van der Waals surface area contributed by atoms with Crippen LogP contribution in [0.3, 0.4) is 0 Å². The number of rotatable bonds is 4. The molecule has 0 aliphatic carbocycles. The van der Waals surface area contributed by atoms with Gasteiger partial charge in [0.15, 0.2) is 0 Å². The summed E-state index contributed by atoms with van der Waals surface area (Å²) in [5.74, 6) is 0. The predicted molar refractivity (Wildman–Crippen MR) is 49.8 cm³/mol. The van der Waals surface area contributed by atoms with Crippen molar-refractivity contribution in [3.63, 3.8) is 0 Å². The molecule has 68 valence electrons. The molecular weight excluding hydrogens is 228 g/mol. The maximum atomic E-state index is 5.25. The minimum atomic E-state index is -2.50. The second kappa shape index (κ2) is 4.00. The lowest BCUT2D eigenvalue weighted by atomic mass is 10.6. The van der Waals surface area contributed by atoms with Gasteiger partial charge in [0.2, 0.25) is 0 Å². The fourth-order valence-electron chi connectivity index (χ4n) is 0.978. The fourth-order valence-corrected chi connectivity index (χ4v) is 4.39. The molecular formula is C6H15BrO3Si. The van der Waals surface area contributed by atoms with Crippen LogP contribution in [0, 0.1) is 0 Å². The van der Waals surface area contributed by atoms with E-state index in [0.717, 1.165) is 0 Å². The molecule has 0 atom stereocenters. The van der Waals surface area contributed by atoms with Crippen molar-refractivity contribution in [1.29, 1.82) is 0 Å². The molecule has 0 amide bonds. The second-order valence-electron chi connectivity index (χ2n) is 2.64. The number of halogens is 1. The van der Waals surface area contributed by atoms with Gasteiger partial charge in [0.05, 0.1) is 3.95 Å². The zero-order valence-corrected chi connectivity index (χ0v) is 10.2. The average Bonchev–Trinajstić information content (AvgIpc) is 1.90. The van der Waals surface area contributed by atoms with Crippen LogP contribution in [0.25, 0.3) is 0 Å². The van der Waals surface area contributed by atoms with Crippen LogP contribution >= 0.6 is 15.9 Å². The molecule has 0 aliphatic heterocycles. The third-order valence-corrected chi connectivity index (χ3v) is 6.06. The van der Waals surface area contributed by atoms with Gasteiger partial charge in [-0.15, -0.1) is 0 Å². The summed E-state index contributed by atoms with van der Waals surface area (Å²) in [5, 5.41) is 0. The van der Waals surface area contributed by atoms with E-state index in [1.807, 2.05) is 13.8 Å². The van der Waals surface area contributed by atoms with Crippen LogP contribution in [-0.2, 0) is 13.3 Å². The van der Waals surface area contributed by atoms with Crippen molar-refractivity contribution in [1.82, 2.24) is 0 Å². The van der Waals surface area contributed by atoms with Crippen LogP contribution in [0.4, 0.5) is 0 Å². The van der Waals surface area contributed by atoms with Crippen molar-refractivity contribution < 1.29 is 13.3 Å². The molecule has 0 N–H and O–H groups in total. The zero-order chi connectivity index (χ0) is 9.12. The van der Waals surface area contributed by atoms with Gasteiger partial charge in [-0.2, -0.15) is 0 Å². The molecule has 0 heterocycles. The van der Waals surface area contributed by atoms with Gasteiger partial charge in [0.1, 0.15) is 0 Å². The smallest absolute Gasteiger partial charge is 0.376 e. The summed E-state index contributed by atoms with van der Waals surface area (Å²) in [6, 6.07) is 0. The van der Waals surface area contributed by atoms with Crippen molar-refractivity contribution in [3.05, 3.63) is 0 Å². The molecule has 0 aromatic carbocycles. The fraction of sp³-hybridized carbons (Fsp3) is 1.00. The Kier molecular flexibility index (Phi) is 4.21. The highest BCUT2D eigenvalue weighted by molar-refractivity contribution is 9.10. The monoisotopic (exact) mass is 242 g/mol. The highest BCUT2D eigenvalue weighted by Crippen LogP contribution is 2.30. The number of alkyl halides is 1. The van der Waals surface area contributed by atoms with E-state index in [2.05, 4.69) is 15.9 Å². The summed E-state index contributed by atoms with van der Waals surface area (Å²) in [5.41, 5.74) is 0. The molecule has 0 spiro atoms. The predicted octanol–water partition coefficient (Wildman–Crippen LogP) is 1.58. The van der Waals surface area contributed by atoms with Crippen molar-refractivity contribution >= 4 is 24.7 Å². The Morgan fingerprint density at radius 3 is 1.27 bits per heavy atom. The van der Waals surface area contributed by atoms with Gasteiger partial charge >= 0.3 is 8.80 Å².